The number of halogens is 3. The van der Waals surface area contributed by atoms with Crippen LogP contribution >= 0.6 is 0 Å². The molecule has 6 aliphatic rings. The number of aromatic nitrogens is 1. The molecule has 4 saturated heterocycles. The van der Waals surface area contributed by atoms with Crippen LogP contribution in [0.2, 0.25) is 0 Å². The van der Waals surface area contributed by atoms with Gasteiger partial charge in [-0.1, -0.05) is 46.8 Å². The third-order valence-corrected chi connectivity index (χ3v) is 11.0. The molecule has 0 radical (unpaired) electrons. The van der Waals surface area contributed by atoms with Crippen LogP contribution in [0.15, 0.2) is 53.5 Å². The van der Waals surface area contributed by atoms with Gasteiger partial charge >= 0.3 is 0 Å². The van der Waals surface area contributed by atoms with Crippen LogP contribution in [0.4, 0.5) is 24.8 Å². The van der Waals surface area contributed by atoms with Crippen LogP contribution in [-0.4, -0.2) is 78.0 Å². The van der Waals surface area contributed by atoms with Gasteiger partial charge in [0, 0.05) is 55.2 Å². The molecule has 0 amide bonds. The van der Waals surface area contributed by atoms with Crippen LogP contribution in [0.1, 0.15) is 55.5 Å². The van der Waals surface area contributed by atoms with E-state index in [2.05, 4.69) is 27.6 Å². The number of aliphatic imine (C=N–C) groups is 1. The smallest absolute Gasteiger partial charge is 0.224 e. The summed E-state index contributed by atoms with van der Waals surface area (Å²) in [5.74, 6) is 2.40. The maximum atomic E-state index is 17.1. The fourth-order valence-electron chi connectivity index (χ4n) is 9.10. The summed E-state index contributed by atoms with van der Waals surface area (Å²) in [5.41, 5.74) is 2.16. The van der Waals surface area contributed by atoms with E-state index in [-0.39, 0.29) is 54.0 Å². The SMILES string of the molecule is C#Cc1c(F)ccc2cccc(C3N=C4O[C@@H](C)[C@@H]5[C@@H]6CC[C@H](CN5c5cc(OCC78CC(=C)CN7CC(F)C8)nc(c54)N3F)N6)c12. The van der Waals surface area contributed by atoms with Crippen molar-refractivity contribution in [2.24, 2.45) is 4.99 Å². The van der Waals surface area contributed by atoms with Gasteiger partial charge in [-0.25, -0.2) is 13.8 Å². The van der Waals surface area contributed by atoms with Crippen LogP contribution in [0, 0.1) is 18.2 Å². The minimum atomic E-state index is -1.25. The van der Waals surface area contributed by atoms with E-state index in [1.165, 1.54) is 6.07 Å². The quantitative estimate of drug-likeness (QED) is 0.234. The first-order valence-corrected chi connectivity index (χ1v) is 16.4. The molecule has 9 rings (SSSR count). The van der Waals surface area contributed by atoms with Crippen molar-refractivity contribution in [3.05, 3.63) is 71.1 Å². The highest BCUT2D eigenvalue weighted by atomic mass is 19.2. The van der Waals surface area contributed by atoms with E-state index in [4.69, 9.17) is 25.9 Å². The Labute approximate surface area is 271 Å². The number of piperazine rings is 1. The van der Waals surface area contributed by atoms with Crippen molar-refractivity contribution < 1.29 is 22.7 Å². The van der Waals surface area contributed by atoms with E-state index in [1.807, 2.05) is 19.1 Å². The van der Waals surface area contributed by atoms with Crippen LogP contribution < -0.4 is 20.1 Å². The molecular weight excluding hydrogens is 605 g/mol. The topological polar surface area (TPSA) is 65.5 Å². The molecule has 6 aliphatic heterocycles. The zero-order chi connectivity index (χ0) is 32.2. The molecule has 4 fully saturated rings. The number of fused-ring (bicyclic) bond motifs is 7. The van der Waals surface area contributed by atoms with Crippen molar-refractivity contribution in [3.8, 4) is 18.2 Å². The number of hydrogen-bond acceptors (Lipinski definition) is 8. The van der Waals surface area contributed by atoms with E-state index in [0.29, 0.717) is 59.5 Å². The van der Waals surface area contributed by atoms with Gasteiger partial charge in [0.15, 0.2) is 12.0 Å². The number of nitrogens with zero attached hydrogens (tertiary/aromatic N) is 5. The highest BCUT2D eigenvalue weighted by Gasteiger charge is 2.52. The minimum Gasteiger partial charge on any atom is -0.476 e. The van der Waals surface area contributed by atoms with Gasteiger partial charge in [-0.05, 0) is 37.6 Å². The Morgan fingerprint density at radius 1 is 1.23 bits per heavy atom. The van der Waals surface area contributed by atoms with Crippen molar-refractivity contribution in [2.75, 3.05) is 36.3 Å². The van der Waals surface area contributed by atoms with Gasteiger partial charge in [-0.2, -0.15) is 10.1 Å². The number of benzene rings is 2. The summed E-state index contributed by atoms with van der Waals surface area (Å²) >= 11 is 0. The molecule has 0 spiro atoms. The second-order valence-corrected chi connectivity index (χ2v) is 13.9. The van der Waals surface area contributed by atoms with Gasteiger partial charge in [-0.3, -0.25) is 4.90 Å². The number of hydrogen-bond donors (Lipinski definition) is 1. The van der Waals surface area contributed by atoms with Crippen molar-refractivity contribution in [1.82, 2.24) is 15.2 Å². The van der Waals surface area contributed by atoms with E-state index in [1.54, 1.807) is 18.2 Å². The number of nitrogens with one attached hydrogen (secondary N) is 1. The standard InChI is InChI=1S/C36H35F3N6O2/c1-4-24-26(38)10-8-21-6-5-7-25(30(21)24)33-42-35-31-28(44-17-23-9-11-27(40-23)32(44)20(3)47-35)12-29(41-34(31)45(33)39)46-18-36-13-19(2)15-43(36)16-22(37)14-36/h1,5-8,10,12,20,22-23,27,32-33,40H,2,9,11,13-18H2,3H3/t20-,22?,23+,27-,32+,33?,36?/m0/s1. The van der Waals surface area contributed by atoms with Crippen molar-refractivity contribution in [3.63, 3.8) is 0 Å². The fraction of sp³-hybridized carbons (Fsp3) is 0.444. The summed E-state index contributed by atoms with van der Waals surface area (Å²) in [4.78, 5) is 14.0. The highest BCUT2D eigenvalue weighted by Crippen LogP contribution is 2.48. The zero-order valence-corrected chi connectivity index (χ0v) is 26.1. The van der Waals surface area contributed by atoms with E-state index in [9.17, 15) is 8.78 Å². The Morgan fingerprint density at radius 3 is 2.96 bits per heavy atom. The average molecular weight is 641 g/mol. The second kappa shape index (κ2) is 10.4. The lowest BCUT2D eigenvalue weighted by molar-refractivity contribution is 0.110. The summed E-state index contributed by atoms with van der Waals surface area (Å²) in [6, 6.07) is 10.5. The number of terminal acetylenes is 1. The molecule has 0 aliphatic carbocycles. The summed E-state index contributed by atoms with van der Waals surface area (Å²) in [6.45, 7) is 8.08. The maximum Gasteiger partial charge on any atom is 0.224 e. The van der Waals surface area contributed by atoms with Crippen molar-refractivity contribution in [2.45, 2.75) is 74.7 Å². The average Bonchev–Trinajstić information content (AvgIpc) is 3.65. The van der Waals surface area contributed by atoms with E-state index in [0.717, 1.165) is 24.1 Å². The lowest BCUT2D eigenvalue weighted by atomic mass is 9.93. The monoisotopic (exact) mass is 640 g/mol. The van der Waals surface area contributed by atoms with Gasteiger partial charge in [0.1, 0.15) is 30.3 Å². The Hall–Kier alpha value is -4.27. The molecule has 0 saturated carbocycles. The Morgan fingerprint density at radius 2 is 2.11 bits per heavy atom. The lowest BCUT2D eigenvalue weighted by Crippen LogP contribution is -2.61. The van der Waals surface area contributed by atoms with Crippen LogP contribution in [0.3, 0.4) is 0 Å². The molecule has 7 heterocycles. The number of ether oxygens (including phenoxy) is 2. The van der Waals surface area contributed by atoms with Crippen molar-refractivity contribution in [1.29, 1.82) is 0 Å². The van der Waals surface area contributed by atoms with E-state index >= 15 is 4.48 Å². The Kier molecular flexibility index (Phi) is 6.38. The molecule has 242 valence electrons. The molecule has 3 unspecified atom stereocenters. The first-order chi connectivity index (χ1) is 22.7. The molecule has 7 atom stereocenters. The van der Waals surface area contributed by atoms with Crippen LogP contribution in [0.5, 0.6) is 5.88 Å². The maximum absolute atomic E-state index is 17.1. The molecule has 11 heteroatoms. The van der Waals surface area contributed by atoms with Crippen LogP contribution in [0.25, 0.3) is 10.8 Å². The lowest BCUT2D eigenvalue weighted by Gasteiger charge is -2.43. The number of alkyl halides is 1. The fourth-order valence-corrected chi connectivity index (χ4v) is 9.10. The largest absolute Gasteiger partial charge is 0.476 e. The van der Waals surface area contributed by atoms with E-state index < -0.39 is 23.7 Å². The molecule has 1 aromatic heterocycles. The van der Waals surface area contributed by atoms with Crippen molar-refractivity contribution >= 4 is 28.2 Å². The van der Waals surface area contributed by atoms with Gasteiger partial charge in [0.25, 0.3) is 0 Å². The number of anilines is 2. The normalized spacial score (nSPS) is 32.3. The van der Waals surface area contributed by atoms with Gasteiger partial charge in [0.05, 0.1) is 22.8 Å². The third-order valence-electron chi connectivity index (χ3n) is 11.0. The highest BCUT2D eigenvalue weighted by molar-refractivity contribution is 6.07. The summed E-state index contributed by atoms with van der Waals surface area (Å²) < 4.78 is 59.8. The molecular formula is C36H35F3N6O2. The predicted molar refractivity (Wildman–Crippen MR) is 174 cm³/mol. The Bertz CT molecular complexity index is 1910. The summed E-state index contributed by atoms with van der Waals surface area (Å²) in [7, 11) is 0. The number of rotatable bonds is 4. The number of pyridine rings is 1. The molecule has 2 bridgehead atoms. The first kappa shape index (κ1) is 28.9. The predicted octanol–water partition coefficient (Wildman–Crippen LogP) is 5.35. The van der Waals surface area contributed by atoms with Gasteiger partial charge in [-0.15, -0.1) is 6.42 Å². The molecule has 47 heavy (non-hydrogen) atoms. The van der Waals surface area contributed by atoms with Gasteiger partial charge < -0.3 is 19.7 Å². The minimum absolute atomic E-state index is 0.00173. The van der Waals surface area contributed by atoms with Crippen LogP contribution in [-0.2, 0) is 4.74 Å². The molecule has 3 aromatic rings. The zero-order valence-electron chi connectivity index (χ0n) is 26.1. The molecule has 2 aromatic carbocycles. The summed E-state index contributed by atoms with van der Waals surface area (Å²) in [5, 5.41) is 5.32. The van der Waals surface area contributed by atoms with Gasteiger partial charge in [0.2, 0.25) is 11.8 Å². The first-order valence-electron chi connectivity index (χ1n) is 16.4. The molecule has 1 N–H and O–H groups in total. The molecule has 8 nitrogen and oxygen atoms in total. The third kappa shape index (κ3) is 4.30. The summed E-state index contributed by atoms with van der Waals surface area (Å²) in [6.07, 6.45) is 6.33. The Balaban J connectivity index is 1.19. The second-order valence-electron chi connectivity index (χ2n) is 13.9.